The third-order valence-electron chi connectivity index (χ3n) is 5.47. The SMILES string of the molecule is CCCCc1nc(Cl)c(C(=O)O)n1Cc1c2ccocc-2c(Br)c1-c1ccccc1C#N. The quantitative estimate of drug-likeness (QED) is 0.300. The first kappa shape index (κ1) is 22.1. The van der Waals surface area contributed by atoms with E-state index in [2.05, 4.69) is 33.9 Å². The highest BCUT2D eigenvalue weighted by Crippen LogP contribution is 2.47. The van der Waals surface area contributed by atoms with Gasteiger partial charge in [0.15, 0.2) is 10.8 Å². The van der Waals surface area contributed by atoms with Crippen molar-refractivity contribution in [3.63, 3.8) is 0 Å². The van der Waals surface area contributed by atoms with Gasteiger partial charge >= 0.3 is 5.97 Å². The molecule has 0 saturated carbocycles. The molecule has 4 rings (SSSR count). The zero-order valence-corrected chi connectivity index (χ0v) is 19.6. The third kappa shape index (κ3) is 3.81. The number of benzene rings is 1. The molecule has 0 amide bonds. The van der Waals surface area contributed by atoms with Gasteiger partial charge in [-0.05, 0) is 45.6 Å². The molecule has 162 valence electrons. The molecule has 0 atom stereocenters. The van der Waals surface area contributed by atoms with E-state index in [4.69, 9.17) is 16.0 Å². The second-order valence-electron chi connectivity index (χ2n) is 7.37. The number of hydrogen-bond acceptors (Lipinski definition) is 4. The van der Waals surface area contributed by atoms with Crippen molar-refractivity contribution in [2.45, 2.75) is 32.7 Å². The summed E-state index contributed by atoms with van der Waals surface area (Å²) in [5.41, 5.74) is 4.66. The summed E-state index contributed by atoms with van der Waals surface area (Å²) in [7, 11) is 0. The highest BCUT2D eigenvalue weighted by molar-refractivity contribution is 9.10. The van der Waals surface area contributed by atoms with Crippen LogP contribution in [0.3, 0.4) is 0 Å². The lowest BCUT2D eigenvalue weighted by Gasteiger charge is -2.14. The van der Waals surface area contributed by atoms with E-state index in [0.717, 1.165) is 45.1 Å². The molecule has 32 heavy (non-hydrogen) atoms. The molecule has 0 unspecified atom stereocenters. The van der Waals surface area contributed by atoms with Crippen molar-refractivity contribution in [1.29, 1.82) is 5.26 Å². The van der Waals surface area contributed by atoms with Crippen LogP contribution in [0.1, 0.15) is 47.2 Å². The monoisotopic (exact) mass is 511 g/mol. The lowest BCUT2D eigenvalue weighted by Crippen LogP contribution is -2.13. The molecule has 1 aliphatic carbocycles. The molecular formula is C24H19BrClN3O3. The molecule has 0 saturated heterocycles. The van der Waals surface area contributed by atoms with E-state index in [1.165, 1.54) is 0 Å². The van der Waals surface area contributed by atoms with Crippen molar-refractivity contribution >= 4 is 33.5 Å². The standard InChI is InChI=1S/C24H19BrClN3O3/c1-2-3-8-19-28-23(26)22(24(30)31)29(19)12-17-16-9-10-32-13-18(16)21(25)20(17)15-7-5-4-6-14(15)11-27/h4-7,9-10,13H,2-3,8,12H2,1H3,(H,30,31). The molecule has 8 heteroatoms. The summed E-state index contributed by atoms with van der Waals surface area (Å²) in [5, 5.41) is 19.5. The Hall–Kier alpha value is -3.08. The summed E-state index contributed by atoms with van der Waals surface area (Å²) in [5.74, 6) is -0.506. The lowest BCUT2D eigenvalue weighted by atomic mass is 9.98. The second-order valence-corrected chi connectivity index (χ2v) is 8.52. The van der Waals surface area contributed by atoms with Crippen LogP contribution in [0, 0.1) is 11.3 Å². The molecule has 6 nitrogen and oxygen atoms in total. The number of fused-ring (bicyclic) bond motifs is 1. The van der Waals surface area contributed by atoms with Gasteiger partial charge in [0, 0.05) is 27.6 Å². The number of halogens is 2. The van der Waals surface area contributed by atoms with Gasteiger partial charge in [-0.2, -0.15) is 5.26 Å². The van der Waals surface area contributed by atoms with Crippen molar-refractivity contribution in [3.05, 3.63) is 75.1 Å². The smallest absolute Gasteiger partial charge is 0.355 e. The first-order chi connectivity index (χ1) is 15.5. The van der Waals surface area contributed by atoms with Gasteiger partial charge in [-0.3, -0.25) is 0 Å². The Morgan fingerprint density at radius 1 is 1.28 bits per heavy atom. The Morgan fingerprint density at radius 3 is 2.78 bits per heavy atom. The molecule has 0 fully saturated rings. The average Bonchev–Trinajstić information content (AvgIpc) is 3.26. The van der Waals surface area contributed by atoms with Crippen LogP contribution in [0.15, 0.2) is 51.7 Å². The fourth-order valence-corrected chi connectivity index (χ4v) is 5.01. The molecule has 0 spiro atoms. The van der Waals surface area contributed by atoms with E-state index in [1.807, 2.05) is 24.3 Å². The van der Waals surface area contributed by atoms with Gasteiger partial charge in [-0.25, -0.2) is 9.78 Å². The van der Waals surface area contributed by atoms with Crippen molar-refractivity contribution < 1.29 is 14.3 Å². The topological polar surface area (TPSA) is 92.0 Å². The first-order valence-corrected chi connectivity index (χ1v) is 11.3. The minimum atomic E-state index is -1.13. The third-order valence-corrected chi connectivity index (χ3v) is 6.55. The van der Waals surface area contributed by atoms with E-state index < -0.39 is 5.97 Å². The zero-order chi connectivity index (χ0) is 22.8. The molecule has 1 N–H and O–H groups in total. The minimum Gasteiger partial charge on any atom is -0.476 e. The van der Waals surface area contributed by atoms with Crippen molar-refractivity contribution in [2.24, 2.45) is 0 Å². The van der Waals surface area contributed by atoms with E-state index in [9.17, 15) is 15.2 Å². The zero-order valence-electron chi connectivity index (χ0n) is 17.2. The number of rotatable bonds is 7. The van der Waals surface area contributed by atoms with Crippen LogP contribution in [0.5, 0.6) is 0 Å². The van der Waals surface area contributed by atoms with E-state index in [1.54, 1.807) is 23.2 Å². The second kappa shape index (κ2) is 9.19. The first-order valence-electron chi connectivity index (χ1n) is 10.1. The molecule has 0 radical (unpaired) electrons. The van der Waals surface area contributed by atoms with Crippen molar-refractivity contribution in [2.75, 3.05) is 0 Å². The number of carbonyl (C=O) groups is 1. The van der Waals surface area contributed by atoms with Gasteiger partial charge in [0.1, 0.15) is 5.82 Å². The fourth-order valence-electron chi connectivity index (χ4n) is 3.97. The summed E-state index contributed by atoms with van der Waals surface area (Å²) in [6.45, 7) is 2.30. The van der Waals surface area contributed by atoms with E-state index in [0.29, 0.717) is 17.8 Å². The number of carboxylic acid groups (broad SMARTS) is 1. The maximum Gasteiger partial charge on any atom is 0.355 e. The summed E-state index contributed by atoms with van der Waals surface area (Å²) in [6, 6.07) is 11.4. The normalized spacial score (nSPS) is 11.1. The minimum absolute atomic E-state index is 0.0208. The number of nitrogens with zero attached hydrogens (tertiary/aromatic N) is 3. The lowest BCUT2D eigenvalue weighted by molar-refractivity contribution is 0.0685. The van der Waals surface area contributed by atoms with Crippen LogP contribution in [0.2, 0.25) is 5.15 Å². The number of aromatic carboxylic acids is 1. The largest absolute Gasteiger partial charge is 0.476 e. The van der Waals surface area contributed by atoms with Gasteiger partial charge in [0.2, 0.25) is 0 Å². The summed E-state index contributed by atoms with van der Waals surface area (Å²) in [4.78, 5) is 16.4. The number of nitriles is 1. The van der Waals surface area contributed by atoms with Crippen LogP contribution < -0.4 is 0 Å². The van der Waals surface area contributed by atoms with Crippen molar-refractivity contribution in [3.8, 4) is 28.3 Å². The fraction of sp³-hybridized carbons (Fsp3) is 0.208. The molecule has 1 aromatic carbocycles. The molecule has 2 aliphatic rings. The Balaban J connectivity index is 1.98. The predicted octanol–water partition coefficient (Wildman–Crippen LogP) is 6.62. The van der Waals surface area contributed by atoms with Gasteiger partial charge in [0.05, 0.1) is 30.7 Å². The molecule has 0 bridgehead atoms. The highest BCUT2D eigenvalue weighted by Gasteiger charge is 2.28. The van der Waals surface area contributed by atoms with Gasteiger partial charge < -0.3 is 14.1 Å². The van der Waals surface area contributed by atoms with E-state index >= 15 is 0 Å². The van der Waals surface area contributed by atoms with Crippen LogP contribution in [0.25, 0.3) is 22.3 Å². The van der Waals surface area contributed by atoms with Gasteiger partial charge in [-0.15, -0.1) is 0 Å². The molecule has 1 aliphatic heterocycles. The summed E-state index contributed by atoms with van der Waals surface area (Å²) in [6.07, 6.45) is 5.64. The number of imidazole rings is 1. The van der Waals surface area contributed by atoms with Gasteiger partial charge in [0.25, 0.3) is 0 Å². The number of hydrogen-bond donors (Lipinski definition) is 1. The van der Waals surface area contributed by atoms with Crippen LogP contribution in [-0.4, -0.2) is 20.6 Å². The average molecular weight is 513 g/mol. The van der Waals surface area contributed by atoms with Crippen LogP contribution in [-0.2, 0) is 13.0 Å². The maximum absolute atomic E-state index is 12.0. The number of aryl methyl sites for hydroxylation is 1. The predicted molar refractivity (Wildman–Crippen MR) is 125 cm³/mol. The molecule has 2 heterocycles. The maximum atomic E-state index is 12.0. The van der Waals surface area contributed by atoms with E-state index in [-0.39, 0.29) is 17.4 Å². The Labute approximate surface area is 198 Å². The number of aromatic nitrogens is 2. The summed E-state index contributed by atoms with van der Waals surface area (Å²) < 4.78 is 7.85. The van der Waals surface area contributed by atoms with Crippen LogP contribution >= 0.6 is 27.5 Å². The number of unbranched alkanes of at least 4 members (excludes halogenated alkanes) is 1. The molecule has 2 aromatic rings. The highest BCUT2D eigenvalue weighted by atomic mass is 79.9. The molecular weight excluding hydrogens is 494 g/mol. The van der Waals surface area contributed by atoms with Crippen molar-refractivity contribution in [1.82, 2.24) is 9.55 Å². The van der Waals surface area contributed by atoms with Crippen LogP contribution in [0.4, 0.5) is 0 Å². The Kier molecular flexibility index (Phi) is 6.35. The summed E-state index contributed by atoms with van der Waals surface area (Å²) >= 11 is 9.93. The Morgan fingerprint density at radius 2 is 2.06 bits per heavy atom. The molecule has 1 aromatic heterocycles. The Bertz CT molecular complexity index is 1320. The number of carboxylic acids is 1. The van der Waals surface area contributed by atoms with Gasteiger partial charge in [-0.1, -0.05) is 43.1 Å².